The molecule has 0 aliphatic rings. The molecule has 0 N–H and O–H groups in total. The predicted octanol–water partition coefficient (Wildman–Crippen LogP) is 21.8. The van der Waals surface area contributed by atoms with E-state index in [1.54, 1.807) is 0 Å². The van der Waals surface area contributed by atoms with Crippen LogP contribution in [-0.4, -0.2) is 37.2 Å². The van der Waals surface area contributed by atoms with Crippen LogP contribution >= 0.6 is 0 Å². The van der Waals surface area contributed by atoms with E-state index in [1.165, 1.54) is 70.6 Å². The average Bonchev–Trinajstić information content (AvgIpc) is 3.43. The number of hydrogen-bond acceptors (Lipinski definition) is 6. The predicted molar refractivity (Wildman–Crippen MR) is 334 cm³/mol. The topological polar surface area (TPSA) is 78.9 Å². The van der Waals surface area contributed by atoms with Gasteiger partial charge in [-0.2, -0.15) is 0 Å². The fourth-order valence-corrected chi connectivity index (χ4v) is 8.43. The van der Waals surface area contributed by atoms with E-state index < -0.39 is 6.10 Å². The Morgan fingerprint density at radius 1 is 0.273 bits per heavy atom. The molecule has 0 aromatic heterocycles. The van der Waals surface area contributed by atoms with E-state index in [1.807, 2.05) is 0 Å². The fraction of sp³-hybridized carbons (Fsp3) is 0.648. The Morgan fingerprint density at radius 2 is 0.506 bits per heavy atom. The van der Waals surface area contributed by atoms with E-state index in [2.05, 4.69) is 154 Å². The highest BCUT2D eigenvalue weighted by Crippen LogP contribution is 2.14. The lowest BCUT2D eigenvalue weighted by Gasteiger charge is -2.18. The molecule has 0 aromatic rings. The van der Waals surface area contributed by atoms with Crippen LogP contribution in [0.2, 0.25) is 0 Å². The molecule has 436 valence electrons. The Bertz CT molecular complexity index is 1650. The van der Waals surface area contributed by atoms with Crippen LogP contribution in [0.25, 0.3) is 0 Å². The van der Waals surface area contributed by atoms with Crippen LogP contribution in [-0.2, 0) is 28.6 Å². The van der Waals surface area contributed by atoms with Crippen LogP contribution < -0.4 is 0 Å². The van der Waals surface area contributed by atoms with Gasteiger partial charge in [-0.05, 0) is 135 Å². The third-order valence-corrected chi connectivity index (χ3v) is 13.1. The summed E-state index contributed by atoms with van der Waals surface area (Å²) >= 11 is 0. The van der Waals surface area contributed by atoms with Crippen molar-refractivity contribution in [2.24, 2.45) is 0 Å². The normalized spacial score (nSPS) is 13.0. The van der Waals surface area contributed by atoms with Crippen molar-refractivity contribution in [2.45, 2.75) is 284 Å². The first-order valence-electron chi connectivity index (χ1n) is 31.7. The van der Waals surface area contributed by atoms with Gasteiger partial charge >= 0.3 is 17.9 Å². The van der Waals surface area contributed by atoms with Gasteiger partial charge in [0.15, 0.2) is 6.10 Å². The molecule has 0 fully saturated rings. The van der Waals surface area contributed by atoms with Crippen LogP contribution in [0.1, 0.15) is 278 Å². The Labute approximate surface area is 475 Å². The molecule has 6 nitrogen and oxygen atoms in total. The fourth-order valence-electron chi connectivity index (χ4n) is 8.43. The summed E-state index contributed by atoms with van der Waals surface area (Å²) in [5.74, 6) is -0.941. The van der Waals surface area contributed by atoms with Gasteiger partial charge in [0.1, 0.15) is 13.2 Å². The first-order chi connectivity index (χ1) is 38.0. The van der Waals surface area contributed by atoms with Crippen LogP contribution in [0.4, 0.5) is 0 Å². The van der Waals surface area contributed by atoms with E-state index in [9.17, 15) is 14.4 Å². The third-order valence-electron chi connectivity index (χ3n) is 13.1. The molecule has 0 bridgehead atoms. The van der Waals surface area contributed by atoms with Crippen molar-refractivity contribution in [3.05, 3.63) is 134 Å². The zero-order valence-corrected chi connectivity index (χ0v) is 49.9. The van der Waals surface area contributed by atoms with Gasteiger partial charge in [0, 0.05) is 19.3 Å². The quantitative estimate of drug-likeness (QED) is 0.0261. The second kappa shape index (κ2) is 64.1. The van der Waals surface area contributed by atoms with Gasteiger partial charge in [-0.25, -0.2) is 0 Å². The lowest BCUT2D eigenvalue weighted by molar-refractivity contribution is -0.167. The highest BCUT2D eigenvalue weighted by molar-refractivity contribution is 5.71. The van der Waals surface area contributed by atoms with Crippen LogP contribution in [0.5, 0.6) is 0 Å². The molecule has 0 rings (SSSR count). The number of ether oxygens (including phenoxy) is 3. The molecule has 0 aliphatic carbocycles. The SMILES string of the molecule is CC/C=C\C/C=C\C/C=C\C/C=C\C/C=C\CCCCCCCC(=O)OC(COC(=O)CCCCCCC/C=C\C/C=C\C/C=C\CC)COC(=O)CCCCCCCCCC/C=C\C/C=C\C/C=C\CCCCCCC. The van der Waals surface area contributed by atoms with Crippen molar-refractivity contribution in [3.8, 4) is 0 Å². The number of hydrogen-bond donors (Lipinski definition) is 0. The smallest absolute Gasteiger partial charge is 0.306 e. The first-order valence-corrected chi connectivity index (χ1v) is 31.7. The van der Waals surface area contributed by atoms with E-state index in [0.717, 1.165) is 167 Å². The molecule has 0 aliphatic heterocycles. The summed E-state index contributed by atoms with van der Waals surface area (Å²) in [6.45, 7) is 6.37. The van der Waals surface area contributed by atoms with Crippen LogP contribution in [0.15, 0.2) is 134 Å². The summed E-state index contributed by atoms with van der Waals surface area (Å²) in [4.78, 5) is 38.3. The lowest BCUT2D eigenvalue weighted by atomic mass is 10.1. The van der Waals surface area contributed by atoms with E-state index in [0.29, 0.717) is 19.3 Å². The molecule has 6 heteroatoms. The molecule has 0 radical (unpaired) electrons. The zero-order chi connectivity index (χ0) is 55.7. The highest BCUT2D eigenvalue weighted by atomic mass is 16.6. The molecule has 0 saturated carbocycles. The van der Waals surface area contributed by atoms with E-state index >= 15 is 0 Å². The van der Waals surface area contributed by atoms with Crippen molar-refractivity contribution in [1.82, 2.24) is 0 Å². The number of carbonyl (C=O) groups is 3. The van der Waals surface area contributed by atoms with E-state index in [-0.39, 0.29) is 31.1 Å². The van der Waals surface area contributed by atoms with Gasteiger partial charge in [0.25, 0.3) is 0 Å². The Morgan fingerprint density at radius 3 is 0.792 bits per heavy atom. The minimum Gasteiger partial charge on any atom is -0.462 e. The minimum atomic E-state index is -0.806. The number of allylic oxidation sites excluding steroid dienone is 22. The van der Waals surface area contributed by atoms with Gasteiger partial charge < -0.3 is 14.2 Å². The average molecular weight is 1070 g/mol. The Kier molecular flexibility index (Phi) is 60.4. The summed E-state index contributed by atoms with van der Waals surface area (Å²) in [6, 6.07) is 0. The molecule has 0 heterocycles. The number of carbonyl (C=O) groups excluding carboxylic acids is 3. The largest absolute Gasteiger partial charge is 0.462 e. The van der Waals surface area contributed by atoms with Crippen molar-refractivity contribution in [2.75, 3.05) is 13.2 Å². The molecule has 1 atom stereocenters. The van der Waals surface area contributed by atoms with E-state index in [4.69, 9.17) is 14.2 Å². The summed E-state index contributed by atoms with van der Waals surface area (Å²) in [5, 5.41) is 0. The van der Waals surface area contributed by atoms with Gasteiger partial charge in [-0.15, -0.1) is 0 Å². The molecular weight excluding hydrogens is 949 g/mol. The van der Waals surface area contributed by atoms with Gasteiger partial charge in [-0.3, -0.25) is 14.4 Å². The first kappa shape index (κ1) is 72.5. The summed E-state index contributed by atoms with van der Waals surface area (Å²) in [5.41, 5.74) is 0. The second-order valence-electron chi connectivity index (χ2n) is 20.5. The monoisotopic (exact) mass is 1060 g/mol. The Balaban J connectivity index is 4.46. The molecule has 0 amide bonds. The molecule has 0 aromatic carbocycles. The highest BCUT2D eigenvalue weighted by Gasteiger charge is 2.19. The second-order valence-corrected chi connectivity index (χ2v) is 20.5. The standard InChI is InChI=1S/C71H116O6/c1-4-7-10-13-16-19-22-25-28-30-32-34-35-37-38-40-43-46-49-52-55-58-61-64-70(73)76-67-68(66-75-69(72)63-60-57-54-51-48-45-42-27-24-21-18-15-12-9-6-3)77-71(74)65-62-59-56-53-50-47-44-41-39-36-33-31-29-26-23-20-17-14-11-8-5-2/h8-9,11-12,17-18,20-22,25-27,29-30,32-33,35-37,41-42,44,68H,4-7,10,13-16,19,23-24,28,31,34,38-40,43,45-67H2,1-3H3/b11-8-,12-9-,20-17-,21-18-,25-22-,29-26-,32-30-,36-33-,37-35-,42-27-,44-41-. The summed E-state index contributed by atoms with van der Waals surface area (Å²) in [7, 11) is 0. The van der Waals surface area contributed by atoms with Crippen molar-refractivity contribution in [1.29, 1.82) is 0 Å². The van der Waals surface area contributed by atoms with Crippen molar-refractivity contribution in [3.63, 3.8) is 0 Å². The summed E-state index contributed by atoms with van der Waals surface area (Å²) in [6.07, 6.45) is 90.2. The number of unbranched alkanes of at least 4 members (excludes halogenated alkanes) is 23. The lowest BCUT2D eigenvalue weighted by Crippen LogP contribution is -2.30. The molecule has 0 saturated heterocycles. The minimum absolute atomic E-state index is 0.0997. The van der Waals surface area contributed by atoms with Gasteiger partial charge in [0.05, 0.1) is 0 Å². The number of esters is 3. The van der Waals surface area contributed by atoms with Crippen molar-refractivity contribution >= 4 is 17.9 Å². The summed E-state index contributed by atoms with van der Waals surface area (Å²) < 4.78 is 16.9. The van der Waals surface area contributed by atoms with Crippen molar-refractivity contribution < 1.29 is 28.6 Å². The van der Waals surface area contributed by atoms with Crippen LogP contribution in [0.3, 0.4) is 0 Å². The van der Waals surface area contributed by atoms with Gasteiger partial charge in [-0.1, -0.05) is 257 Å². The molecule has 77 heavy (non-hydrogen) atoms. The van der Waals surface area contributed by atoms with Crippen LogP contribution in [0, 0.1) is 0 Å². The maximum Gasteiger partial charge on any atom is 0.306 e. The third kappa shape index (κ3) is 62.3. The Hall–Kier alpha value is -4.45. The molecule has 0 spiro atoms. The maximum absolute atomic E-state index is 12.9. The zero-order valence-electron chi connectivity index (χ0n) is 49.9. The van der Waals surface area contributed by atoms with Gasteiger partial charge in [0.2, 0.25) is 0 Å². The molecular formula is C71H116O6. The number of rotatable bonds is 56. The molecule has 1 unspecified atom stereocenters. The maximum atomic E-state index is 12.9.